The minimum atomic E-state index is -3.89. The second-order valence-electron chi connectivity index (χ2n) is 2.25. The third-order valence-electron chi connectivity index (χ3n) is 1.23. The Kier molecular flexibility index (Phi) is 3.17. The summed E-state index contributed by atoms with van der Waals surface area (Å²) in [6.45, 7) is 0. The molecule has 3 nitrogen and oxygen atoms in total. The number of benzene rings is 1. The molecule has 1 rings (SSSR count). The zero-order valence-electron chi connectivity index (χ0n) is 6.71. The summed E-state index contributed by atoms with van der Waals surface area (Å²) >= 11 is 5.52. The normalized spacial score (nSPS) is 10.5. The standard InChI is InChI=1S/C8H4ClF2NO2/c9-6-1-3-7(4-2-6)14-8(10,11)12-5-13/h1-4H. The van der Waals surface area contributed by atoms with Crippen molar-refractivity contribution in [2.24, 2.45) is 4.99 Å². The van der Waals surface area contributed by atoms with Gasteiger partial charge in [-0.05, 0) is 24.3 Å². The monoisotopic (exact) mass is 219 g/mol. The molecule has 1 aromatic carbocycles. The van der Waals surface area contributed by atoms with Crippen molar-refractivity contribution in [1.82, 2.24) is 0 Å². The molecule has 0 aliphatic carbocycles. The van der Waals surface area contributed by atoms with Crippen molar-refractivity contribution < 1.29 is 18.3 Å². The highest BCUT2D eigenvalue weighted by Crippen LogP contribution is 2.23. The molecule has 1 aromatic rings. The first-order valence-corrected chi connectivity index (χ1v) is 3.83. The molecule has 0 aromatic heterocycles. The highest BCUT2D eigenvalue weighted by Gasteiger charge is 2.31. The summed E-state index contributed by atoms with van der Waals surface area (Å²) in [6.07, 6.45) is -3.18. The largest absolute Gasteiger partial charge is 0.525 e. The lowest BCUT2D eigenvalue weighted by Crippen LogP contribution is -2.21. The van der Waals surface area contributed by atoms with Crippen molar-refractivity contribution in [2.45, 2.75) is 6.23 Å². The van der Waals surface area contributed by atoms with Crippen molar-refractivity contribution in [1.29, 1.82) is 0 Å². The van der Waals surface area contributed by atoms with Gasteiger partial charge in [0.15, 0.2) is 0 Å². The lowest BCUT2D eigenvalue weighted by atomic mass is 10.3. The summed E-state index contributed by atoms with van der Waals surface area (Å²) < 4.78 is 29.1. The van der Waals surface area contributed by atoms with Gasteiger partial charge in [-0.15, -0.1) is 8.78 Å². The topological polar surface area (TPSA) is 38.7 Å². The molecule has 0 saturated heterocycles. The van der Waals surface area contributed by atoms with E-state index in [-0.39, 0.29) is 5.75 Å². The molecule has 0 heterocycles. The summed E-state index contributed by atoms with van der Waals surface area (Å²) in [4.78, 5) is 11.8. The molecule has 0 spiro atoms. The van der Waals surface area contributed by atoms with Crippen LogP contribution in [0.2, 0.25) is 5.02 Å². The Labute approximate surface area is 83.0 Å². The summed E-state index contributed by atoms with van der Waals surface area (Å²) in [5.74, 6) is -0.140. The van der Waals surface area contributed by atoms with Gasteiger partial charge in [-0.3, -0.25) is 0 Å². The van der Waals surface area contributed by atoms with Crippen molar-refractivity contribution in [3.05, 3.63) is 29.3 Å². The molecule has 0 aliphatic heterocycles. The Bertz CT molecular complexity index is 360. The Morgan fingerprint density at radius 2 is 1.93 bits per heavy atom. The second-order valence-corrected chi connectivity index (χ2v) is 2.68. The number of isocyanates is 1. The van der Waals surface area contributed by atoms with Crippen molar-refractivity contribution in [2.75, 3.05) is 0 Å². The first kappa shape index (κ1) is 10.6. The molecule has 0 radical (unpaired) electrons. The highest BCUT2D eigenvalue weighted by molar-refractivity contribution is 6.30. The fraction of sp³-hybridized carbons (Fsp3) is 0.125. The van der Waals surface area contributed by atoms with Gasteiger partial charge in [0.1, 0.15) is 5.75 Å². The van der Waals surface area contributed by atoms with Crippen LogP contribution in [-0.2, 0) is 4.79 Å². The van der Waals surface area contributed by atoms with E-state index in [4.69, 9.17) is 11.6 Å². The van der Waals surface area contributed by atoms with Crippen LogP contribution in [-0.4, -0.2) is 12.3 Å². The van der Waals surface area contributed by atoms with Crippen molar-refractivity contribution in [3.8, 4) is 5.75 Å². The van der Waals surface area contributed by atoms with E-state index in [2.05, 4.69) is 9.73 Å². The van der Waals surface area contributed by atoms with E-state index < -0.39 is 6.23 Å². The second kappa shape index (κ2) is 4.17. The molecule has 0 atom stereocenters. The van der Waals surface area contributed by atoms with E-state index >= 15 is 0 Å². The Morgan fingerprint density at radius 3 is 2.43 bits per heavy atom. The number of rotatable bonds is 3. The van der Waals surface area contributed by atoms with Crippen LogP contribution in [0.3, 0.4) is 0 Å². The Hall–Kier alpha value is -1.45. The SMILES string of the molecule is O=C=NC(F)(F)Oc1ccc(Cl)cc1. The third-order valence-corrected chi connectivity index (χ3v) is 1.48. The Balaban J connectivity index is 2.78. The lowest BCUT2D eigenvalue weighted by molar-refractivity contribution is -0.167. The maximum atomic E-state index is 12.5. The predicted octanol–water partition coefficient (Wildman–Crippen LogP) is 2.60. The van der Waals surface area contributed by atoms with Crippen molar-refractivity contribution >= 4 is 17.7 Å². The van der Waals surface area contributed by atoms with Crippen LogP contribution >= 0.6 is 11.6 Å². The van der Waals surface area contributed by atoms with Gasteiger partial charge in [-0.1, -0.05) is 16.6 Å². The van der Waals surface area contributed by atoms with Crippen LogP contribution in [0.4, 0.5) is 8.78 Å². The number of aliphatic imine (C=N–C) groups is 1. The third kappa shape index (κ3) is 3.12. The van der Waals surface area contributed by atoms with E-state index in [1.807, 2.05) is 0 Å². The van der Waals surface area contributed by atoms with E-state index in [1.165, 1.54) is 24.3 Å². The number of alkyl halides is 2. The minimum absolute atomic E-state index is 0.140. The smallest absolute Gasteiger partial charge is 0.413 e. The molecular weight excluding hydrogens is 216 g/mol. The molecule has 74 valence electrons. The maximum Gasteiger partial charge on any atom is 0.525 e. The lowest BCUT2D eigenvalue weighted by Gasteiger charge is -2.10. The van der Waals surface area contributed by atoms with Gasteiger partial charge in [0.25, 0.3) is 0 Å². The number of carbonyl (C=O) groups excluding carboxylic acids is 1. The van der Waals surface area contributed by atoms with E-state index in [9.17, 15) is 13.6 Å². The predicted molar refractivity (Wildman–Crippen MR) is 45.1 cm³/mol. The van der Waals surface area contributed by atoms with E-state index in [0.29, 0.717) is 11.1 Å². The molecule has 0 fully saturated rings. The maximum absolute atomic E-state index is 12.5. The quantitative estimate of drug-likeness (QED) is 0.445. The van der Waals surface area contributed by atoms with Gasteiger partial charge in [-0.2, -0.15) is 0 Å². The van der Waals surface area contributed by atoms with Gasteiger partial charge >= 0.3 is 6.23 Å². The molecule has 0 saturated carbocycles. The molecular formula is C8H4ClF2NO2. The van der Waals surface area contributed by atoms with Gasteiger partial charge in [0, 0.05) is 5.02 Å². The molecule has 14 heavy (non-hydrogen) atoms. The minimum Gasteiger partial charge on any atom is -0.413 e. The average Bonchev–Trinajstić information content (AvgIpc) is 2.08. The number of halogens is 3. The first-order chi connectivity index (χ1) is 6.53. The van der Waals surface area contributed by atoms with Crippen LogP contribution < -0.4 is 4.74 Å². The summed E-state index contributed by atoms with van der Waals surface area (Å²) in [5, 5.41) is 0.388. The molecule has 0 bridgehead atoms. The summed E-state index contributed by atoms with van der Waals surface area (Å²) in [7, 11) is 0. The average molecular weight is 220 g/mol. The first-order valence-electron chi connectivity index (χ1n) is 3.45. The molecule has 0 aliphatic rings. The van der Waals surface area contributed by atoms with Gasteiger partial charge in [0.05, 0.1) is 0 Å². The van der Waals surface area contributed by atoms with Crippen molar-refractivity contribution in [3.63, 3.8) is 0 Å². The number of hydrogen-bond acceptors (Lipinski definition) is 3. The molecule has 0 N–H and O–H groups in total. The summed E-state index contributed by atoms with van der Waals surface area (Å²) in [6, 6.07) is 5.21. The zero-order chi connectivity index (χ0) is 10.6. The molecule has 0 amide bonds. The summed E-state index contributed by atoms with van der Waals surface area (Å²) in [5.41, 5.74) is 0. The Morgan fingerprint density at radius 1 is 1.36 bits per heavy atom. The van der Waals surface area contributed by atoms with Crippen LogP contribution in [0.5, 0.6) is 5.75 Å². The van der Waals surface area contributed by atoms with Crippen LogP contribution in [0.15, 0.2) is 29.3 Å². The fourth-order valence-electron chi connectivity index (χ4n) is 0.720. The van der Waals surface area contributed by atoms with Gasteiger partial charge in [-0.25, -0.2) is 4.79 Å². The van der Waals surface area contributed by atoms with Crippen LogP contribution in [0.1, 0.15) is 0 Å². The van der Waals surface area contributed by atoms with Gasteiger partial charge < -0.3 is 4.74 Å². The van der Waals surface area contributed by atoms with E-state index in [0.717, 1.165) is 0 Å². The van der Waals surface area contributed by atoms with E-state index in [1.54, 1.807) is 0 Å². The molecule has 0 unspecified atom stereocenters. The highest BCUT2D eigenvalue weighted by atomic mass is 35.5. The fourth-order valence-corrected chi connectivity index (χ4v) is 0.846. The van der Waals surface area contributed by atoms with Crippen LogP contribution in [0, 0.1) is 0 Å². The number of nitrogens with zero attached hydrogens (tertiary/aromatic N) is 1. The van der Waals surface area contributed by atoms with Crippen LogP contribution in [0.25, 0.3) is 0 Å². The number of ether oxygens (including phenoxy) is 1. The number of hydrogen-bond donors (Lipinski definition) is 0. The zero-order valence-corrected chi connectivity index (χ0v) is 7.46. The van der Waals surface area contributed by atoms with Gasteiger partial charge in [0.2, 0.25) is 6.08 Å². The molecule has 6 heteroatoms.